The van der Waals surface area contributed by atoms with E-state index in [-0.39, 0.29) is 55.8 Å². The smallest absolute Gasteiger partial charge is 0.371 e. The lowest BCUT2D eigenvalue weighted by molar-refractivity contribution is -0.179. The summed E-state index contributed by atoms with van der Waals surface area (Å²) in [5.41, 5.74) is 2.33. The highest BCUT2D eigenvalue weighted by Crippen LogP contribution is 2.36. The Labute approximate surface area is 194 Å². The van der Waals surface area contributed by atoms with Crippen LogP contribution in [0.3, 0.4) is 0 Å². The average molecular weight is 478 g/mol. The lowest BCUT2D eigenvalue weighted by Gasteiger charge is -2.34. The molecular weight excluding hydrogens is 452 g/mol. The van der Waals surface area contributed by atoms with Crippen LogP contribution in [0.1, 0.15) is 24.8 Å². The predicted molar refractivity (Wildman–Crippen MR) is 120 cm³/mol. The molecule has 2 aromatic rings. The third-order valence-corrected chi connectivity index (χ3v) is 6.32. The first-order valence-corrected chi connectivity index (χ1v) is 11.2. The minimum atomic E-state index is -4.18. The van der Waals surface area contributed by atoms with Crippen molar-refractivity contribution in [3.05, 3.63) is 53.8 Å². The maximum atomic E-state index is 14.7. The van der Waals surface area contributed by atoms with Crippen LogP contribution in [0.2, 0.25) is 0 Å². The molecule has 0 aromatic heterocycles. The Hall–Kier alpha value is -3.30. The van der Waals surface area contributed by atoms with Crippen molar-refractivity contribution in [1.82, 2.24) is 10.6 Å². The van der Waals surface area contributed by atoms with E-state index < -0.39 is 17.9 Å². The number of halogens is 4. The summed E-state index contributed by atoms with van der Waals surface area (Å²) in [6.07, 6.45) is -3.97. The second-order valence-electron chi connectivity index (χ2n) is 8.71. The average Bonchev–Trinajstić information content (AvgIpc) is 3.25. The van der Waals surface area contributed by atoms with Gasteiger partial charge in [0.1, 0.15) is 5.82 Å². The van der Waals surface area contributed by atoms with Crippen molar-refractivity contribution >= 4 is 28.9 Å². The summed E-state index contributed by atoms with van der Waals surface area (Å²) in [7, 11) is 0. The molecule has 0 bridgehead atoms. The molecule has 3 N–H and O–H groups in total. The van der Waals surface area contributed by atoms with Crippen molar-refractivity contribution < 1.29 is 27.2 Å². The third-order valence-electron chi connectivity index (χ3n) is 6.32. The molecule has 1 unspecified atom stereocenters. The fraction of sp³-hybridized carbons (Fsp3) is 0.417. The van der Waals surface area contributed by atoms with Gasteiger partial charge in [-0.3, -0.25) is 9.59 Å². The van der Waals surface area contributed by atoms with Crippen molar-refractivity contribution in [3.8, 4) is 0 Å². The fourth-order valence-electron chi connectivity index (χ4n) is 4.25. The van der Waals surface area contributed by atoms with Gasteiger partial charge in [-0.2, -0.15) is 13.2 Å². The number of nitrogens with zero attached hydrogens (tertiary/aromatic N) is 1. The first kappa shape index (κ1) is 23.8. The largest absolute Gasteiger partial charge is 0.391 e. The van der Waals surface area contributed by atoms with E-state index in [0.29, 0.717) is 24.5 Å². The van der Waals surface area contributed by atoms with E-state index in [4.69, 9.17) is 0 Å². The summed E-state index contributed by atoms with van der Waals surface area (Å²) in [4.78, 5) is 25.1. The molecule has 2 aliphatic heterocycles. The van der Waals surface area contributed by atoms with E-state index in [1.165, 1.54) is 6.07 Å². The summed E-state index contributed by atoms with van der Waals surface area (Å²) in [6, 6.07) is 11.7. The number of benzene rings is 2. The number of carbonyl (C=O) groups excluding carboxylic acids is 2. The number of amides is 2. The van der Waals surface area contributed by atoms with Crippen molar-refractivity contribution in [2.75, 3.05) is 29.9 Å². The molecule has 0 spiro atoms. The zero-order chi connectivity index (χ0) is 24.3. The summed E-state index contributed by atoms with van der Waals surface area (Å²) >= 11 is 0. The number of alkyl halides is 3. The normalized spacial score (nSPS) is 19.1. The Bertz CT molecular complexity index is 1030. The SMILES string of the molecule is O=C1CC(C(=O)NCc2ccc(Nc3ccc(N4CCC(C(F)(F)F)CC4)cc3F)cc2)CN1. The molecule has 182 valence electrons. The van der Waals surface area contributed by atoms with Crippen molar-refractivity contribution in [2.24, 2.45) is 11.8 Å². The van der Waals surface area contributed by atoms with Crippen LogP contribution in [0.15, 0.2) is 42.5 Å². The Morgan fingerprint density at radius 3 is 2.38 bits per heavy atom. The van der Waals surface area contributed by atoms with Gasteiger partial charge in [-0.25, -0.2) is 4.39 Å². The van der Waals surface area contributed by atoms with Gasteiger partial charge in [-0.05, 0) is 48.7 Å². The Balaban J connectivity index is 1.30. The molecule has 2 aromatic carbocycles. The van der Waals surface area contributed by atoms with Gasteiger partial charge >= 0.3 is 6.18 Å². The third kappa shape index (κ3) is 5.78. The first-order valence-electron chi connectivity index (χ1n) is 11.2. The fourth-order valence-corrected chi connectivity index (χ4v) is 4.25. The molecular formula is C24H26F4N4O2. The molecule has 2 aliphatic rings. The molecule has 10 heteroatoms. The van der Waals surface area contributed by atoms with Gasteiger partial charge in [0, 0.05) is 44.0 Å². The maximum Gasteiger partial charge on any atom is 0.391 e. The van der Waals surface area contributed by atoms with E-state index in [0.717, 1.165) is 5.56 Å². The molecule has 2 heterocycles. The summed E-state index contributed by atoms with van der Waals surface area (Å²) < 4.78 is 53.2. The van der Waals surface area contributed by atoms with Gasteiger partial charge < -0.3 is 20.9 Å². The monoisotopic (exact) mass is 478 g/mol. The van der Waals surface area contributed by atoms with E-state index in [9.17, 15) is 27.2 Å². The number of anilines is 3. The van der Waals surface area contributed by atoms with Crippen molar-refractivity contribution in [2.45, 2.75) is 32.0 Å². The maximum absolute atomic E-state index is 14.7. The van der Waals surface area contributed by atoms with Crippen molar-refractivity contribution in [3.63, 3.8) is 0 Å². The molecule has 2 fully saturated rings. The molecule has 4 rings (SSSR count). The molecule has 2 amide bonds. The molecule has 1 atom stereocenters. The summed E-state index contributed by atoms with van der Waals surface area (Å²) in [5, 5.41) is 8.44. The van der Waals surface area contributed by atoms with E-state index in [1.54, 1.807) is 41.3 Å². The molecule has 34 heavy (non-hydrogen) atoms. The molecule has 2 saturated heterocycles. The van der Waals surface area contributed by atoms with Crippen molar-refractivity contribution in [1.29, 1.82) is 0 Å². The van der Waals surface area contributed by atoms with Crippen LogP contribution in [0.4, 0.5) is 34.6 Å². The minimum Gasteiger partial charge on any atom is -0.371 e. The highest BCUT2D eigenvalue weighted by molar-refractivity contribution is 5.89. The first-order chi connectivity index (χ1) is 16.2. The molecule has 0 radical (unpaired) electrons. The van der Waals surface area contributed by atoms with E-state index >= 15 is 0 Å². The van der Waals surface area contributed by atoms with Crippen LogP contribution in [-0.2, 0) is 16.1 Å². The lowest BCUT2D eigenvalue weighted by atomic mass is 9.96. The van der Waals surface area contributed by atoms with Gasteiger partial charge in [0.15, 0.2) is 0 Å². The highest BCUT2D eigenvalue weighted by Gasteiger charge is 2.41. The number of carbonyl (C=O) groups is 2. The van der Waals surface area contributed by atoms with Gasteiger partial charge in [0.25, 0.3) is 0 Å². The zero-order valence-corrected chi connectivity index (χ0v) is 18.4. The quantitative estimate of drug-likeness (QED) is 0.547. The second-order valence-corrected chi connectivity index (χ2v) is 8.71. The number of nitrogens with one attached hydrogen (secondary N) is 3. The van der Waals surface area contributed by atoms with Gasteiger partial charge in [-0.1, -0.05) is 12.1 Å². The van der Waals surface area contributed by atoms with E-state index in [2.05, 4.69) is 16.0 Å². The Morgan fingerprint density at radius 2 is 1.79 bits per heavy atom. The molecule has 0 saturated carbocycles. The predicted octanol–water partition coefficient (Wildman–Crippen LogP) is 4.10. The minimum absolute atomic E-state index is 0.00753. The van der Waals surface area contributed by atoms with Crippen LogP contribution in [0, 0.1) is 17.7 Å². The second kappa shape index (κ2) is 9.90. The van der Waals surface area contributed by atoms with Crippen LogP contribution in [0.25, 0.3) is 0 Å². The van der Waals surface area contributed by atoms with E-state index in [1.807, 2.05) is 0 Å². The summed E-state index contributed by atoms with van der Waals surface area (Å²) in [5.74, 6) is -2.44. The number of rotatable bonds is 6. The molecule has 0 aliphatic carbocycles. The van der Waals surface area contributed by atoms with Gasteiger partial charge in [0.2, 0.25) is 11.8 Å². The molecule has 6 nitrogen and oxygen atoms in total. The summed E-state index contributed by atoms with van der Waals surface area (Å²) in [6.45, 7) is 1.14. The van der Waals surface area contributed by atoms with Crippen LogP contribution < -0.4 is 20.9 Å². The van der Waals surface area contributed by atoms with Crippen LogP contribution >= 0.6 is 0 Å². The number of hydrogen-bond acceptors (Lipinski definition) is 4. The highest BCUT2D eigenvalue weighted by atomic mass is 19.4. The van der Waals surface area contributed by atoms with Crippen LogP contribution in [0.5, 0.6) is 0 Å². The standard InChI is InChI=1S/C24H26F4N4O2/c25-20-12-19(32-9-7-17(8-10-32)24(26,27)28)5-6-21(20)31-18-3-1-15(2-4-18)13-30-23(34)16-11-22(33)29-14-16/h1-6,12,16-17,31H,7-11,13-14H2,(H,29,33)(H,30,34). The van der Waals surface area contributed by atoms with Gasteiger partial charge in [0.05, 0.1) is 17.5 Å². The number of piperidine rings is 1. The van der Waals surface area contributed by atoms with Crippen LogP contribution in [-0.4, -0.2) is 37.6 Å². The Morgan fingerprint density at radius 1 is 1.09 bits per heavy atom. The zero-order valence-electron chi connectivity index (χ0n) is 18.4. The number of hydrogen-bond donors (Lipinski definition) is 3. The topological polar surface area (TPSA) is 73.5 Å². The Kier molecular flexibility index (Phi) is 6.95. The van der Waals surface area contributed by atoms with Gasteiger partial charge in [-0.15, -0.1) is 0 Å². The lowest BCUT2D eigenvalue weighted by Crippen LogP contribution is -2.39.